The third-order valence-corrected chi connectivity index (χ3v) is 4.53. The van der Waals surface area contributed by atoms with Gasteiger partial charge in [-0.25, -0.2) is 0 Å². The van der Waals surface area contributed by atoms with Crippen LogP contribution in [0.5, 0.6) is 0 Å². The molecule has 96 valence electrons. The van der Waals surface area contributed by atoms with Crippen LogP contribution in [0.2, 0.25) is 0 Å². The van der Waals surface area contributed by atoms with Gasteiger partial charge in [-0.3, -0.25) is 0 Å². The molecule has 3 atom stereocenters. The summed E-state index contributed by atoms with van der Waals surface area (Å²) in [6, 6.07) is 1.51. The normalized spacial score (nSPS) is 29.2. The van der Waals surface area contributed by atoms with E-state index >= 15 is 0 Å². The zero-order valence-corrected chi connectivity index (χ0v) is 12.1. The fraction of sp³-hybridized carbons (Fsp3) is 1.00. The minimum atomic E-state index is 0.752. The molecule has 1 saturated heterocycles. The summed E-state index contributed by atoms with van der Waals surface area (Å²) < 4.78 is 0. The number of thioether (sulfide) groups is 1. The van der Waals surface area contributed by atoms with Gasteiger partial charge in [-0.2, -0.15) is 11.8 Å². The van der Waals surface area contributed by atoms with Gasteiger partial charge in [0.15, 0.2) is 0 Å². The first-order valence-corrected chi connectivity index (χ1v) is 8.03. The number of hydrogen-bond acceptors (Lipinski definition) is 3. The monoisotopic (exact) mass is 244 g/mol. The van der Waals surface area contributed by atoms with E-state index in [0.717, 1.165) is 18.0 Å². The van der Waals surface area contributed by atoms with Crippen molar-refractivity contribution in [2.75, 3.05) is 31.6 Å². The molecule has 3 heteroatoms. The van der Waals surface area contributed by atoms with Crippen molar-refractivity contribution in [3.63, 3.8) is 0 Å². The molecule has 1 N–H and O–H groups in total. The summed E-state index contributed by atoms with van der Waals surface area (Å²) in [6.07, 6.45) is 4.84. The molecule has 1 fully saturated rings. The quantitative estimate of drug-likeness (QED) is 0.772. The summed E-state index contributed by atoms with van der Waals surface area (Å²) in [5.74, 6) is 2.07. The van der Waals surface area contributed by atoms with Gasteiger partial charge in [0.1, 0.15) is 0 Å². The third kappa shape index (κ3) is 4.64. The summed E-state index contributed by atoms with van der Waals surface area (Å²) in [5, 5.41) is 3.74. The molecule has 2 nitrogen and oxygen atoms in total. The fourth-order valence-electron chi connectivity index (χ4n) is 2.59. The highest BCUT2D eigenvalue weighted by Crippen LogP contribution is 2.17. The molecule has 0 aromatic carbocycles. The number of nitrogens with zero attached hydrogens (tertiary/aromatic N) is 1. The van der Waals surface area contributed by atoms with Gasteiger partial charge in [-0.15, -0.1) is 0 Å². The molecule has 0 spiro atoms. The molecule has 0 saturated carbocycles. The predicted octanol–water partition coefficient (Wildman–Crippen LogP) is 2.45. The number of nitrogens with one attached hydrogen (secondary N) is 1. The summed E-state index contributed by atoms with van der Waals surface area (Å²) >= 11 is 1.95. The zero-order valence-electron chi connectivity index (χ0n) is 11.3. The number of rotatable bonds is 6. The first-order valence-electron chi connectivity index (χ1n) is 6.63. The standard InChI is InChI=1S/C13H28N2S/c1-5-15-7-6-13(8-12(15)3)14-9-11(2)10-16-4/h11-14H,5-10H2,1-4H3. The Morgan fingerprint density at radius 1 is 1.50 bits per heavy atom. The number of likely N-dealkylation sites (tertiary alicyclic amines) is 1. The van der Waals surface area contributed by atoms with Crippen molar-refractivity contribution in [1.82, 2.24) is 10.2 Å². The molecular formula is C13H28N2S. The van der Waals surface area contributed by atoms with E-state index in [2.05, 4.69) is 37.2 Å². The Morgan fingerprint density at radius 2 is 2.25 bits per heavy atom. The summed E-state index contributed by atoms with van der Waals surface area (Å²) in [6.45, 7) is 10.6. The lowest BCUT2D eigenvalue weighted by Gasteiger charge is -2.37. The zero-order chi connectivity index (χ0) is 12.0. The van der Waals surface area contributed by atoms with Gasteiger partial charge in [-0.1, -0.05) is 13.8 Å². The second kappa shape index (κ2) is 7.57. The van der Waals surface area contributed by atoms with Crippen LogP contribution >= 0.6 is 11.8 Å². The summed E-state index contributed by atoms with van der Waals surface area (Å²) in [4.78, 5) is 2.59. The second-order valence-electron chi connectivity index (χ2n) is 5.17. The van der Waals surface area contributed by atoms with E-state index in [0.29, 0.717) is 0 Å². The van der Waals surface area contributed by atoms with Gasteiger partial charge in [0.05, 0.1) is 0 Å². The number of hydrogen-bond donors (Lipinski definition) is 1. The van der Waals surface area contributed by atoms with Crippen LogP contribution in [0.4, 0.5) is 0 Å². The topological polar surface area (TPSA) is 15.3 Å². The lowest BCUT2D eigenvalue weighted by Crippen LogP contribution is -2.48. The second-order valence-corrected chi connectivity index (χ2v) is 6.08. The highest BCUT2D eigenvalue weighted by molar-refractivity contribution is 7.98. The van der Waals surface area contributed by atoms with Gasteiger partial charge in [0.2, 0.25) is 0 Å². The molecule has 1 aliphatic heterocycles. The average molecular weight is 244 g/mol. The van der Waals surface area contributed by atoms with Crippen LogP contribution in [0.3, 0.4) is 0 Å². The van der Waals surface area contributed by atoms with Gasteiger partial charge in [-0.05, 0) is 57.3 Å². The van der Waals surface area contributed by atoms with Gasteiger partial charge >= 0.3 is 0 Å². The van der Waals surface area contributed by atoms with Crippen molar-refractivity contribution in [2.45, 2.75) is 45.7 Å². The van der Waals surface area contributed by atoms with Crippen molar-refractivity contribution in [1.29, 1.82) is 0 Å². The minimum absolute atomic E-state index is 0.752. The van der Waals surface area contributed by atoms with Crippen LogP contribution in [0.25, 0.3) is 0 Å². The molecule has 16 heavy (non-hydrogen) atoms. The molecule has 0 aromatic rings. The Balaban J connectivity index is 2.19. The van der Waals surface area contributed by atoms with E-state index in [-0.39, 0.29) is 0 Å². The lowest BCUT2D eigenvalue weighted by molar-refractivity contribution is 0.142. The van der Waals surface area contributed by atoms with Crippen LogP contribution in [-0.4, -0.2) is 48.6 Å². The Morgan fingerprint density at radius 3 is 2.81 bits per heavy atom. The maximum atomic E-state index is 3.74. The summed E-state index contributed by atoms with van der Waals surface area (Å²) in [7, 11) is 0. The van der Waals surface area contributed by atoms with Crippen LogP contribution in [0.15, 0.2) is 0 Å². The van der Waals surface area contributed by atoms with Crippen LogP contribution in [0.1, 0.15) is 33.6 Å². The molecular weight excluding hydrogens is 216 g/mol. The minimum Gasteiger partial charge on any atom is -0.314 e. The molecule has 1 aliphatic rings. The van der Waals surface area contributed by atoms with Gasteiger partial charge in [0.25, 0.3) is 0 Å². The largest absolute Gasteiger partial charge is 0.314 e. The van der Waals surface area contributed by atoms with E-state index < -0.39 is 0 Å². The Bertz CT molecular complexity index is 187. The molecule has 0 radical (unpaired) electrons. The first-order chi connectivity index (χ1) is 7.67. The van der Waals surface area contributed by atoms with Crippen molar-refractivity contribution in [3.05, 3.63) is 0 Å². The third-order valence-electron chi connectivity index (χ3n) is 3.63. The van der Waals surface area contributed by atoms with Gasteiger partial charge in [0, 0.05) is 12.1 Å². The highest BCUT2D eigenvalue weighted by Gasteiger charge is 2.23. The maximum Gasteiger partial charge on any atom is 0.00941 e. The average Bonchev–Trinajstić information content (AvgIpc) is 2.27. The lowest BCUT2D eigenvalue weighted by atomic mass is 9.98. The molecule has 3 unspecified atom stereocenters. The SMILES string of the molecule is CCN1CCC(NCC(C)CSC)CC1C. The summed E-state index contributed by atoms with van der Waals surface area (Å²) in [5.41, 5.74) is 0. The molecule has 0 amide bonds. The van der Waals surface area contributed by atoms with Crippen molar-refractivity contribution < 1.29 is 0 Å². The molecule has 0 aliphatic carbocycles. The van der Waals surface area contributed by atoms with Crippen molar-refractivity contribution in [2.24, 2.45) is 5.92 Å². The fourth-order valence-corrected chi connectivity index (χ4v) is 3.27. The van der Waals surface area contributed by atoms with Crippen LogP contribution in [-0.2, 0) is 0 Å². The van der Waals surface area contributed by atoms with Crippen LogP contribution in [0, 0.1) is 5.92 Å². The van der Waals surface area contributed by atoms with Gasteiger partial charge < -0.3 is 10.2 Å². The molecule has 0 aromatic heterocycles. The Labute approximate surface area is 106 Å². The first kappa shape index (κ1) is 14.3. The number of piperidine rings is 1. The maximum absolute atomic E-state index is 3.74. The molecule has 1 rings (SSSR count). The van der Waals surface area contributed by atoms with E-state index in [9.17, 15) is 0 Å². The highest BCUT2D eigenvalue weighted by atomic mass is 32.2. The van der Waals surface area contributed by atoms with Crippen LogP contribution < -0.4 is 5.32 Å². The van der Waals surface area contributed by atoms with E-state index in [4.69, 9.17) is 0 Å². The molecule has 0 bridgehead atoms. The predicted molar refractivity (Wildman–Crippen MR) is 75.3 cm³/mol. The van der Waals surface area contributed by atoms with E-state index in [1.165, 1.54) is 38.2 Å². The van der Waals surface area contributed by atoms with E-state index in [1.54, 1.807) is 0 Å². The molecule has 1 heterocycles. The Hall–Kier alpha value is 0.270. The van der Waals surface area contributed by atoms with Crippen molar-refractivity contribution in [3.8, 4) is 0 Å². The van der Waals surface area contributed by atoms with Crippen molar-refractivity contribution >= 4 is 11.8 Å². The van der Waals surface area contributed by atoms with E-state index in [1.807, 2.05) is 11.8 Å². The smallest absolute Gasteiger partial charge is 0.00941 e. The Kier molecular flexibility index (Phi) is 6.78.